The van der Waals surface area contributed by atoms with Crippen LogP contribution < -0.4 is 0 Å². The van der Waals surface area contributed by atoms with Gasteiger partial charge in [0.25, 0.3) is 0 Å². The lowest BCUT2D eigenvalue weighted by Gasteiger charge is -2.49. The van der Waals surface area contributed by atoms with Crippen molar-refractivity contribution in [3.63, 3.8) is 0 Å². The van der Waals surface area contributed by atoms with Crippen molar-refractivity contribution in [2.45, 2.75) is 58.5 Å². The third-order valence-electron chi connectivity index (χ3n) is 4.35. The highest BCUT2D eigenvalue weighted by Gasteiger charge is 2.48. The van der Waals surface area contributed by atoms with E-state index in [1.807, 2.05) is 6.92 Å². The van der Waals surface area contributed by atoms with Crippen molar-refractivity contribution in [1.82, 2.24) is 0 Å². The molecule has 0 bridgehead atoms. The van der Waals surface area contributed by atoms with E-state index in [0.29, 0.717) is 5.92 Å². The Hall–Kier alpha value is -0.0800. The molecule has 1 aliphatic rings. The second-order valence-corrected chi connectivity index (χ2v) is 5.32. The molecular weight excluding hydrogens is 176 g/mol. The fourth-order valence-corrected chi connectivity index (χ4v) is 2.57. The maximum absolute atomic E-state index is 10.6. The van der Waals surface area contributed by atoms with Gasteiger partial charge in [0.05, 0.1) is 12.2 Å². The van der Waals surface area contributed by atoms with Gasteiger partial charge in [-0.15, -0.1) is 0 Å². The van der Waals surface area contributed by atoms with E-state index in [0.717, 1.165) is 25.7 Å². The van der Waals surface area contributed by atoms with Crippen LogP contribution in [-0.2, 0) is 0 Å². The third-order valence-corrected chi connectivity index (χ3v) is 4.35. The molecule has 2 nitrogen and oxygen atoms in total. The zero-order chi connectivity index (χ0) is 10.8. The SMILES string of the molecule is CC(C)C(C)(CO)C1(O)CCCCC1. The highest BCUT2D eigenvalue weighted by Crippen LogP contribution is 2.46. The minimum Gasteiger partial charge on any atom is -0.396 e. The van der Waals surface area contributed by atoms with Crippen LogP contribution in [0.3, 0.4) is 0 Å². The van der Waals surface area contributed by atoms with Crippen LogP contribution in [0.1, 0.15) is 52.9 Å². The summed E-state index contributed by atoms with van der Waals surface area (Å²) in [5.41, 5.74) is -0.985. The van der Waals surface area contributed by atoms with Crippen LogP contribution >= 0.6 is 0 Å². The standard InChI is InChI=1S/C12H24O2/c1-10(2)11(3,9-13)12(14)7-5-4-6-8-12/h10,13-14H,4-9H2,1-3H3. The molecule has 1 fully saturated rings. The van der Waals surface area contributed by atoms with Gasteiger partial charge in [-0.3, -0.25) is 0 Å². The summed E-state index contributed by atoms with van der Waals surface area (Å²) in [5.74, 6) is 0.315. The van der Waals surface area contributed by atoms with E-state index in [1.54, 1.807) is 0 Å². The Morgan fingerprint density at radius 3 is 2.07 bits per heavy atom. The molecule has 0 spiro atoms. The minimum atomic E-state index is -0.645. The molecular formula is C12H24O2. The smallest absolute Gasteiger partial charge is 0.0725 e. The topological polar surface area (TPSA) is 40.5 Å². The van der Waals surface area contributed by atoms with Gasteiger partial charge in [0, 0.05) is 5.41 Å². The summed E-state index contributed by atoms with van der Waals surface area (Å²) in [7, 11) is 0. The van der Waals surface area contributed by atoms with Gasteiger partial charge in [-0.1, -0.05) is 40.0 Å². The first-order valence-corrected chi connectivity index (χ1v) is 5.79. The molecule has 84 valence electrons. The van der Waals surface area contributed by atoms with Gasteiger partial charge in [-0.25, -0.2) is 0 Å². The van der Waals surface area contributed by atoms with E-state index in [4.69, 9.17) is 0 Å². The molecule has 0 heterocycles. The zero-order valence-electron chi connectivity index (χ0n) is 9.71. The summed E-state index contributed by atoms with van der Waals surface area (Å²) in [5, 5.41) is 20.1. The fourth-order valence-electron chi connectivity index (χ4n) is 2.57. The molecule has 1 unspecified atom stereocenters. The van der Waals surface area contributed by atoms with E-state index in [9.17, 15) is 10.2 Å². The highest BCUT2D eigenvalue weighted by molar-refractivity contribution is 4.99. The molecule has 2 N–H and O–H groups in total. The van der Waals surface area contributed by atoms with Crippen molar-refractivity contribution in [3.05, 3.63) is 0 Å². The Balaban J connectivity index is 2.85. The summed E-state index contributed by atoms with van der Waals surface area (Å²) in [6.07, 6.45) is 5.12. The number of hydrogen-bond donors (Lipinski definition) is 2. The first-order valence-electron chi connectivity index (χ1n) is 5.79. The summed E-state index contributed by atoms with van der Waals surface area (Å²) >= 11 is 0. The number of rotatable bonds is 3. The average molecular weight is 200 g/mol. The molecule has 0 radical (unpaired) electrons. The third kappa shape index (κ3) is 1.82. The maximum Gasteiger partial charge on any atom is 0.0725 e. The lowest BCUT2D eigenvalue weighted by Crippen LogP contribution is -2.53. The summed E-state index contributed by atoms with van der Waals surface area (Å²) in [6, 6.07) is 0. The van der Waals surface area contributed by atoms with Crippen LogP contribution in [0, 0.1) is 11.3 Å². The van der Waals surface area contributed by atoms with E-state index in [-0.39, 0.29) is 12.0 Å². The predicted octanol–water partition coefficient (Wildman–Crippen LogP) is 2.34. The van der Waals surface area contributed by atoms with Gasteiger partial charge in [-0.05, 0) is 18.8 Å². The molecule has 1 rings (SSSR count). The second-order valence-electron chi connectivity index (χ2n) is 5.32. The van der Waals surface area contributed by atoms with Crippen molar-refractivity contribution in [2.24, 2.45) is 11.3 Å². The van der Waals surface area contributed by atoms with Crippen molar-refractivity contribution in [1.29, 1.82) is 0 Å². The monoisotopic (exact) mass is 200 g/mol. The van der Waals surface area contributed by atoms with Crippen molar-refractivity contribution >= 4 is 0 Å². The van der Waals surface area contributed by atoms with Crippen LogP contribution in [0.15, 0.2) is 0 Å². The van der Waals surface area contributed by atoms with E-state index in [1.165, 1.54) is 6.42 Å². The van der Waals surface area contributed by atoms with E-state index < -0.39 is 5.60 Å². The molecule has 0 saturated heterocycles. The Kier molecular flexibility index (Phi) is 3.59. The number of hydrogen-bond acceptors (Lipinski definition) is 2. The minimum absolute atomic E-state index is 0.0845. The van der Waals surface area contributed by atoms with E-state index in [2.05, 4.69) is 13.8 Å². The van der Waals surface area contributed by atoms with Gasteiger partial charge in [-0.2, -0.15) is 0 Å². The molecule has 0 amide bonds. The van der Waals surface area contributed by atoms with E-state index >= 15 is 0 Å². The van der Waals surface area contributed by atoms with Crippen molar-refractivity contribution in [3.8, 4) is 0 Å². The quantitative estimate of drug-likeness (QED) is 0.734. The molecule has 1 aliphatic carbocycles. The molecule has 0 aromatic carbocycles. The molecule has 0 aromatic rings. The summed E-state index contributed by atoms with van der Waals surface area (Å²) in [6.45, 7) is 6.27. The van der Waals surface area contributed by atoms with Gasteiger partial charge < -0.3 is 10.2 Å². The van der Waals surface area contributed by atoms with Crippen LogP contribution in [0.2, 0.25) is 0 Å². The molecule has 0 aliphatic heterocycles. The molecule has 1 saturated carbocycles. The lowest BCUT2D eigenvalue weighted by molar-refractivity contribution is -0.143. The van der Waals surface area contributed by atoms with Gasteiger partial charge >= 0.3 is 0 Å². The number of aliphatic hydroxyl groups excluding tert-OH is 1. The fraction of sp³-hybridized carbons (Fsp3) is 1.00. The average Bonchev–Trinajstić information content (AvgIpc) is 2.17. The predicted molar refractivity (Wildman–Crippen MR) is 58.1 cm³/mol. The Morgan fingerprint density at radius 2 is 1.71 bits per heavy atom. The zero-order valence-corrected chi connectivity index (χ0v) is 9.71. The van der Waals surface area contributed by atoms with Crippen molar-refractivity contribution < 1.29 is 10.2 Å². The Morgan fingerprint density at radius 1 is 1.21 bits per heavy atom. The van der Waals surface area contributed by atoms with Crippen molar-refractivity contribution in [2.75, 3.05) is 6.61 Å². The lowest BCUT2D eigenvalue weighted by atomic mass is 9.61. The van der Waals surface area contributed by atoms with Crippen LogP contribution in [0.25, 0.3) is 0 Å². The summed E-state index contributed by atoms with van der Waals surface area (Å²) < 4.78 is 0. The van der Waals surface area contributed by atoms with Gasteiger partial charge in [0.15, 0.2) is 0 Å². The Labute approximate surface area is 87.3 Å². The second kappa shape index (κ2) is 4.19. The molecule has 0 aromatic heterocycles. The molecule has 2 heteroatoms. The Bertz CT molecular complexity index is 183. The van der Waals surface area contributed by atoms with Crippen LogP contribution in [0.5, 0.6) is 0 Å². The largest absolute Gasteiger partial charge is 0.396 e. The van der Waals surface area contributed by atoms with Gasteiger partial charge in [0.2, 0.25) is 0 Å². The first-order chi connectivity index (χ1) is 6.46. The first kappa shape index (κ1) is 12.0. The normalized spacial score (nSPS) is 26.1. The molecule has 1 atom stereocenters. The van der Waals surface area contributed by atoms with Gasteiger partial charge in [0.1, 0.15) is 0 Å². The summed E-state index contributed by atoms with van der Waals surface area (Å²) in [4.78, 5) is 0. The number of aliphatic hydroxyl groups is 2. The van der Waals surface area contributed by atoms with Crippen LogP contribution in [0.4, 0.5) is 0 Å². The highest BCUT2D eigenvalue weighted by atomic mass is 16.3. The maximum atomic E-state index is 10.6. The van der Waals surface area contributed by atoms with Crippen LogP contribution in [-0.4, -0.2) is 22.4 Å². The molecule has 14 heavy (non-hydrogen) atoms.